The first-order valence-corrected chi connectivity index (χ1v) is 8.78. The number of piperidine rings is 1. The van der Waals surface area contributed by atoms with Crippen molar-refractivity contribution in [3.05, 3.63) is 48.4 Å². The summed E-state index contributed by atoms with van der Waals surface area (Å²) in [6.07, 6.45) is 7.17. The van der Waals surface area contributed by atoms with Crippen molar-refractivity contribution >= 4 is 22.4 Å². The molecule has 4 aromatic rings. The fraction of sp³-hybridized carbons (Fsp3) is 0.333. The highest BCUT2D eigenvalue weighted by Gasteiger charge is 2.26. The summed E-state index contributed by atoms with van der Waals surface area (Å²) < 4.78 is 1.89. The van der Waals surface area contributed by atoms with Crippen LogP contribution in [0.25, 0.3) is 16.6 Å². The summed E-state index contributed by atoms with van der Waals surface area (Å²) in [4.78, 5) is 15.3. The van der Waals surface area contributed by atoms with E-state index < -0.39 is 0 Å². The van der Waals surface area contributed by atoms with Gasteiger partial charge in [0.25, 0.3) is 0 Å². The second-order valence-corrected chi connectivity index (χ2v) is 6.65. The highest BCUT2D eigenvalue weighted by atomic mass is 15.4. The number of fused-ring (bicyclic) bond motifs is 2. The molecule has 8 heteroatoms. The third-order valence-corrected chi connectivity index (χ3v) is 5.00. The van der Waals surface area contributed by atoms with E-state index in [2.05, 4.69) is 35.1 Å². The lowest BCUT2D eigenvalue weighted by Gasteiger charge is -2.32. The third kappa shape index (κ3) is 2.45. The number of rotatable bonds is 2. The number of hydrogen-bond donors (Lipinski definition) is 0. The van der Waals surface area contributed by atoms with Crippen LogP contribution in [-0.4, -0.2) is 47.9 Å². The van der Waals surface area contributed by atoms with Crippen LogP contribution >= 0.6 is 0 Å². The van der Waals surface area contributed by atoms with Crippen molar-refractivity contribution in [1.29, 1.82) is 0 Å². The monoisotopic (exact) mass is 346 g/mol. The Morgan fingerprint density at radius 3 is 2.81 bits per heavy atom. The highest BCUT2D eigenvalue weighted by Crippen LogP contribution is 2.31. The average Bonchev–Trinajstić information content (AvgIpc) is 3.11. The zero-order valence-electron chi connectivity index (χ0n) is 14.4. The molecule has 5 rings (SSSR count). The van der Waals surface area contributed by atoms with E-state index in [-0.39, 0.29) is 0 Å². The number of aryl methyl sites for hydroxylation is 1. The van der Waals surface area contributed by atoms with E-state index in [0.29, 0.717) is 5.92 Å². The first kappa shape index (κ1) is 15.1. The van der Waals surface area contributed by atoms with Crippen molar-refractivity contribution in [2.75, 3.05) is 18.0 Å². The van der Waals surface area contributed by atoms with Gasteiger partial charge in [0.15, 0.2) is 11.5 Å². The standard InChI is InChI=1S/C18H18N8/c1-12-2-3-16-22-23-17(26(16)24-12)13-5-8-25(9-6-13)18-14-4-7-19-10-15(14)20-11-21-18/h2-4,7,10-11,13H,5-6,8-9H2,1H3. The van der Waals surface area contributed by atoms with Crippen molar-refractivity contribution in [2.24, 2.45) is 0 Å². The molecule has 1 fully saturated rings. The Labute approximate surface area is 149 Å². The molecule has 1 aliphatic rings. The molecule has 1 saturated heterocycles. The van der Waals surface area contributed by atoms with E-state index in [9.17, 15) is 0 Å². The van der Waals surface area contributed by atoms with Crippen LogP contribution in [0.1, 0.15) is 30.3 Å². The van der Waals surface area contributed by atoms with Crippen LogP contribution in [0.15, 0.2) is 36.9 Å². The zero-order valence-corrected chi connectivity index (χ0v) is 14.4. The van der Waals surface area contributed by atoms with E-state index in [1.165, 1.54) is 0 Å². The van der Waals surface area contributed by atoms with Gasteiger partial charge in [-0.05, 0) is 38.0 Å². The molecule has 0 bridgehead atoms. The predicted molar refractivity (Wildman–Crippen MR) is 97.0 cm³/mol. The Morgan fingerprint density at radius 1 is 1.04 bits per heavy atom. The largest absolute Gasteiger partial charge is 0.356 e. The molecular weight excluding hydrogens is 328 g/mol. The Kier molecular flexibility index (Phi) is 3.48. The normalized spacial score (nSPS) is 15.8. The van der Waals surface area contributed by atoms with Crippen LogP contribution in [0.4, 0.5) is 5.82 Å². The van der Waals surface area contributed by atoms with Crippen LogP contribution in [0.5, 0.6) is 0 Å². The number of hydrogen-bond acceptors (Lipinski definition) is 7. The molecule has 0 aromatic carbocycles. The fourth-order valence-corrected chi connectivity index (χ4v) is 3.65. The maximum atomic E-state index is 4.58. The number of pyridine rings is 1. The molecule has 0 saturated carbocycles. The summed E-state index contributed by atoms with van der Waals surface area (Å²) in [5.41, 5.74) is 2.65. The summed E-state index contributed by atoms with van der Waals surface area (Å²) in [6.45, 7) is 3.82. The molecule has 0 N–H and O–H groups in total. The minimum atomic E-state index is 0.352. The van der Waals surface area contributed by atoms with Crippen LogP contribution in [-0.2, 0) is 0 Å². The van der Waals surface area contributed by atoms with Gasteiger partial charge in [0.2, 0.25) is 0 Å². The molecule has 8 nitrogen and oxygen atoms in total. The average molecular weight is 346 g/mol. The summed E-state index contributed by atoms with van der Waals surface area (Å²) in [7, 11) is 0. The smallest absolute Gasteiger partial charge is 0.177 e. The molecule has 0 spiro atoms. The second-order valence-electron chi connectivity index (χ2n) is 6.65. The Bertz CT molecular complexity index is 1080. The van der Waals surface area contributed by atoms with Crippen molar-refractivity contribution in [1.82, 2.24) is 34.8 Å². The summed E-state index contributed by atoms with van der Waals surface area (Å²) in [5.74, 6) is 2.29. The van der Waals surface area contributed by atoms with Gasteiger partial charge < -0.3 is 4.90 Å². The summed E-state index contributed by atoms with van der Waals surface area (Å²) in [6, 6.07) is 5.91. The Balaban J connectivity index is 1.41. The summed E-state index contributed by atoms with van der Waals surface area (Å²) >= 11 is 0. The molecule has 0 radical (unpaired) electrons. The molecule has 0 aliphatic carbocycles. The van der Waals surface area contributed by atoms with E-state index in [1.807, 2.05) is 29.6 Å². The Hall–Kier alpha value is -3.16. The molecule has 4 aromatic heterocycles. The fourth-order valence-electron chi connectivity index (χ4n) is 3.65. The maximum Gasteiger partial charge on any atom is 0.177 e. The van der Waals surface area contributed by atoms with Gasteiger partial charge in [0.05, 0.1) is 17.4 Å². The van der Waals surface area contributed by atoms with Gasteiger partial charge in [-0.25, -0.2) is 9.97 Å². The van der Waals surface area contributed by atoms with Gasteiger partial charge in [0.1, 0.15) is 12.1 Å². The molecule has 0 unspecified atom stereocenters. The molecule has 26 heavy (non-hydrogen) atoms. The quantitative estimate of drug-likeness (QED) is 0.550. The summed E-state index contributed by atoms with van der Waals surface area (Å²) in [5, 5.41) is 14.3. The molecule has 130 valence electrons. The first-order chi connectivity index (χ1) is 12.8. The lowest BCUT2D eigenvalue weighted by atomic mass is 9.96. The van der Waals surface area contributed by atoms with Gasteiger partial charge in [-0.2, -0.15) is 9.61 Å². The highest BCUT2D eigenvalue weighted by molar-refractivity contribution is 5.88. The van der Waals surface area contributed by atoms with E-state index in [1.54, 1.807) is 18.7 Å². The second kappa shape index (κ2) is 5.98. The van der Waals surface area contributed by atoms with E-state index in [0.717, 1.165) is 59.8 Å². The number of anilines is 1. The van der Waals surface area contributed by atoms with Crippen LogP contribution in [0.3, 0.4) is 0 Å². The molecule has 1 aliphatic heterocycles. The van der Waals surface area contributed by atoms with Gasteiger partial charge in [0, 0.05) is 30.6 Å². The SMILES string of the molecule is Cc1ccc2nnc(C3CCN(c4ncnc5cnccc45)CC3)n2n1. The van der Waals surface area contributed by atoms with Gasteiger partial charge in [-0.1, -0.05) is 0 Å². The van der Waals surface area contributed by atoms with Crippen molar-refractivity contribution in [3.63, 3.8) is 0 Å². The maximum absolute atomic E-state index is 4.58. The molecule has 0 amide bonds. The van der Waals surface area contributed by atoms with Gasteiger partial charge in [-0.15, -0.1) is 10.2 Å². The van der Waals surface area contributed by atoms with Crippen LogP contribution in [0, 0.1) is 6.92 Å². The van der Waals surface area contributed by atoms with Gasteiger partial charge in [-0.3, -0.25) is 4.98 Å². The molecule has 5 heterocycles. The van der Waals surface area contributed by atoms with Crippen LogP contribution < -0.4 is 4.90 Å². The van der Waals surface area contributed by atoms with E-state index >= 15 is 0 Å². The topological polar surface area (TPSA) is 85.0 Å². The molecular formula is C18H18N8. The van der Waals surface area contributed by atoms with Crippen molar-refractivity contribution in [3.8, 4) is 0 Å². The van der Waals surface area contributed by atoms with E-state index in [4.69, 9.17) is 0 Å². The third-order valence-electron chi connectivity index (χ3n) is 5.00. The zero-order chi connectivity index (χ0) is 17.5. The van der Waals surface area contributed by atoms with Crippen molar-refractivity contribution < 1.29 is 0 Å². The Morgan fingerprint density at radius 2 is 1.92 bits per heavy atom. The minimum absolute atomic E-state index is 0.352. The van der Waals surface area contributed by atoms with Gasteiger partial charge >= 0.3 is 0 Å². The number of nitrogens with zero attached hydrogens (tertiary/aromatic N) is 8. The number of aromatic nitrogens is 7. The lowest BCUT2D eigenvalue weighted by Crippen LogP contribution is -2.34. The van der Waals surface area contributed by atoms with Crippen LogP contribution in [0.2, 0.25) is 0 Å². The predicted octanol–water partition coefficient (Wildman–Crippen LogP) is 2.15. The molecule has 0 atom stereocenters. The first-order valence-electron chi connectivity index (χ1n) is 8.78. The van der Waals surface area contributed by atoms with Crippen molar-refractivity contribution in [2.45, 2.75) is 25.7 Å². The lowest BCUT2D eigenvalue weighted by molar-refractivity contribution is 0.475. The minimum Gasteiger partial charge on any atom is -0.356 e.